The van der Waals surface area contributed by atoms with E-state index in [0.29, 0.717) is 17.5 Å². The fraction of sp³-hybridized carbons (Fsp3) is 0.474. The number of anilines is 1. The third-order valence-corrected chi connectivity index (χ3v) is 9.05. The lowest BCUT2D eigenvalue weighted by Crippen LogP contribution is -2.46. The van der Waals surface area contributed by atoms with Gasteiger partial charge >= 0.3 is 11.7 Å². The summed E-state index contributed by atoms with van der Waals surface area (Å²) < 4.78 is 13.3. The molecule has 0 bridgehead atoms. The normalized spacial score (nSPS) is 15.3. The Labute approximate surface area is 267 Å². The van der Waals surface area contributed by atoms with Crippen LogP contribution in [0.4, 0.5) is 5.69 Å². The number of carbonyl (C=O) groups is 1. The highest BCUT2D eigenvalue weighted by molar-refractivity contribution is 5.87. The zero-order valence-electron chi connectivity index (χ0n) is 27.2. The van der Waals surface area contributed by atoms with Gasteiger partial charge in [-0.1, -0.05) is 114 Å². The molecule has 0 amide bonds. The molecule has 0 aliphatic carbocycles. The summed E-state index contributed by atoms with van der Waals surface area (Å²) in [5, 5.41) is 0. The Kier molecular flexibility index (Phi) is 11.5. The zero-order chi connectivity index (χ0) is 31.6. The zero-order valence-corrected chi connectivity index (χ0v) is 27.2. The summed E-state index contributed by atoms with van der Waals surface area (Å²) in [6, 6.07) is 25.1. The van der Waals surface area contributed by atoms with Crippen LogP contribution in [0.25, 0.3) is 22.2 Å². The van der Waals surface area contributed by atoms with Crippen molar-refractivity contribution in [3.63, 3.8) is 0 Å². The Hall–Kier alpha value is -3.84. The summed E-state index contributed by atoms with van der Waals surface area (Å²) in [7, 11) is 0. The summed E-state index contributed by atoms with van der Waals surface area (Å²) in [5.41, 5.74) is 5.90. The number of nitrogens with zero attached hydrogens (tertiary/aromatic N) is 3. The molecule has 4 aromatic rings. The average molecular weight is 612 g/mol. The highest BCUT2D eigenvalue weighted by Crippen LogP contribution is 2.30. The number of para-hydroxylation sites is 1. The molecule has 0 saturated carbocycles. The molecule has 7 heteroatoms. The highest BCUT2D eigenvalue weighted by atomic mass is 16.6. The number of esters is 1. The fourth-order valence-corrected chi connectivity index (χ4v) is 6.37. The maximum atomic E-state index is 13.2. The Bertz CT molecular complexity index is 1570. The topological polar surface area (TPSA) is 67.9 Å². The van der Waals surface area contributed by atoms with Gasteiger partial charge in [-0.15, -0.1) is 0 Å². The average Bonchev–Trinajstić information content (AvgIpc) is 3.41. The van der Waals surface area contributed by atoms with Gasteiger partial charge in [0.15, 0.2) is 11.8 Å². The van der Waals surface area contributed by atoms with Gasteiger partial charge in [0.05, 0.1) is 17.1 Å². The van der Waals surface area contributed by atoms with Crippen LogP contribution in [0.1, 0.15) is 83.9 Å². The predicted molar refractivity (Wildman–Crippen MR) is 182 cm³/mol. The first-order valence-electron chi connectivity index (χ1n) is 16.9. The molecule has 5 rings (SSSR count). The van der Waals surface area contributed by atoms with E-state index in [1.807, 2.05) is 38.1 Å². The van der Waals surface area contributed by atoms with Crippen molar-refractivity contribution in [2.45, 2.75) is 84.9 Å². The van der Waals surface area contributed by atoms with Crippen molar-refractivity contribution in [3.05, 3.63) is 88.9 Å². The van der Waals surface area contributed by atoms with Crippen LogP contribution in [0, 0.1) is 5.92 Å². The molecular weight excluding hydrogens is 562 g/mol. The lowest BCUT2D eigenvalue weighted by atomic mass is 10.0. The number of ether oxygens (including phenoxy) is 1. The molecule has 0 spiro atoms. The molecule has 3 aromatic carbocycles. The third kappa shape index (κ3) is 8.26. The number of piperazine rings is 1. The Morgan fingerprint density at radius 3 is 2.31 bits per heavy atom. The number of fused-ring (bicyclic) bond motifs is 1. The van der Waals surface area contributed by atoms with E-state index in [0.717, 1.165) is 57.7 Å². The fourth-order valence-electron chi connectivity index (χ4n) is 6.37. The van der Waals surface area contributed by atoms with Crippen molar-refractivity contribution >= 4 is 22.8 Å². The second kappa shape index (κ2) is 15.9. The van der Waals surface area contributed by atoms with Gasteiger partial charge in [-0.2, -0.15) is 0 Å². The van der Waals surface area contributed by atoms with Crippen molar-refractivity contribution < 1.29 is 13.9 Å². The molecule has 2 unspecified atom stereocenters. The molecule has 1 aliphatic rings. The minimum Gasteiger partial charge on any atom is -0.441 e. The van der Waals surface area contributed by atoms with Gasteiger partial charge in [0.2, 0.25) is 0 Å². The second-order valence-corrected chi connectivity index (χ2v) is 12.5. The van der Waals surface area contributed by atoms with Crippen molar-refractivity contribution in [2.24, 2.45) is 5.92 Å². The van der Waals surface area contributed by atoms with Gasteiger partial charge in [0.1, 0.15) is 0 Å². The number of rotatable bonds is 15. The number of aromatic nitrogens is 1. The molecule has 0 N–H and O–H groups in total. The standard InChI is InChI=1S/C38H49N3O4/c1-4-6-7-8-9-11-16-29(3)37(42)44-35(5-2)41-34-22-15-21-33(36(34)45-38(41)43)40-25-23-39(24-26-40)28-30-17-14-20-32(27-30)31-18-12-10-13-19-31/h10,12-15,17-22,27,29,35H,4-9,11,16,23-26,28H2,1-3H3. The predicted octanol–water partition coefficient (Wildman–Crippen LogP) is 8.42. The number of carbonyl (C=O) groups excluding carboxylic acids is 1. The SMILES string of the molecule is CCCCCCCCC(C)C(=O)OC(CC)n1c(=O)oc2c(N3CCN(Cc4cccc(-c5ccccc5)c4)CC3)cccc21. The Morgan fingerprint density at radius 1 is 0.844 bits per heavy atom. The van der Waals surface area contributed by atoms with Crippen LogP contribution < -0.4 is 10.7 Å². The van der Waals surface area contributed by atoms with E-state index in [9.17, 15) is 9.59 Å². The maximum Gasteiger partial charge on any atom is 0.423 e. The summed E-state index contributed by atoms with van der Waals surface area (Å²) in [6.07, 6.45) is 7.71. The number of unbranched alkanes of at least 4 members (excludes halogenated alkanes) is 5. The lowest BCUT2D eigenvalue weighted by molar-refractivity contribution is -0.159. The second-order valence-electron chi connectivity index (χ2n) is 12.5. The molecular formula is C38H49N3O4. The van der Waals surface area contributed by atoms with E-state index in [1.54, 1.807) is 0 Å². The van der Waals surface area contributed by atoms with E-state index < -0.39 is 12.0 Å². The molecule has 45 heavy (non-hydrogen) atoms. The molecule has 2 heterocycles. The van der Waals surface area contributed by atoms with Gasteiger partial charge < -0.3 is 14.1 Å². The van der Waals surface area contributed by atoms with Crippen molar-refractivity contribution in [1.82, 2.24) is 9.47 Å². The van der Waals surface area contributed by atoms with Crippen LogP contribution >= 0.6 is 0 Å². The lowest BCUT2D eigenvalue weighted by Gasteiger charge is -2.36. The Balaban J connectivity index is 1.21. The third-order valence-electron chi connectivity index (χ3n) is 9.05. The largest absolute Gasteiger partial charge is 0.441 e. The van der Waals surface area contributed by atoms with E-state index in [1.165, 1.54) is 46.9 Å². The first-order valence-corrected chi connectivity index (χ1v) is 16.9. The van der Waals surface area contributed by atoms with Crippen LogP contribution in [0.3, 0.4) is 0 Å². The monoisotopic (exact) mass is 611 g/mol. The summed E-state index contributed by atoms with van der Waals surface area (Å²) >= 11 is 0. The molecule has 1 aliphatic heterocycles. The summed E-state index contributed by atoms with van der Waals surface area (Å²) in [4.78, 5) is 31.0. The van der Waals surface area contributed by atoms with Crippen molar-refractivity contribution in [1.29, 1.82) is 0 Å². The minimum atomic E-state index is -0.697. The van der Waals surface area contributed by atoms with Crippen molar-refractivity contribution in [3.8, 4) is 11.1 Å². The van der Waals surface area contributed by atoms with Gasteiger partial charge in [0, 0.05) is 39.1 Å². The van der Waals surface area contributed by atoms with E-state index >= 15 is 0 Å². The number of oxazole rings is 1. The number of benzene rings is 3. The van der Waals surface area contributed by atoms with Gasteiger partial charge in [-0.25, -0.2) is 9.36 Å². The molecule has 7 nitrogen and oxygen atoms in total. The molecule has 2 atom stereocenters. The van der Waals surface area contributed by atoms with Crippen LogP contribution in [0.15, 0.2) is 82.0 Å². The smallest absolute Gasteiger partial charge is 0.423 e. The summed E-state index contributed by atoms with van der Waals surface area (Å²) in [5.74, 6) is -0.942. The van der Waals surface area contributed by atoms with Crippen LogP contribution in [0.2, 0.25) is 0 Å². The molecule has 1 fully saturated rings. The molecule has 1 aromatic heterocycles. The summed E-state index contributed by atoms with van der Waals surface area (Å²) in [6.45, 7) is 10.4. The van der Waals surface area contributed by atoms with Gasteiger partial charge in [-0.3, -0.25) is 9.69 Å². The molecule has 1 saturated heterocycles. The van der Waals surface area contributed by atoms with Crippen LogP contribution in [0.5, 0.6) is 0 Å². The maximum absolute atomic E-state index is 13.2. The number of hydrogen-bond acceptors (Lipinski definition) is 6. The minimum absolute atomic E-state index is 0.202. The van der Waals surface area contributed by atoms with Crippen LogP contribution in [-0.4, -0.2) is 41.6 Å². The quantitative estimate of drug-likeness (QED) is 0.0993. The highest BCUT2D eigenvalue weighted by Gasteiger charge is 2.27. The molecule has 0 radical (unpaired) electrons. The number of hydrogen-bond donors (Lipinski definition) is 0. The Morgan fingerprint density at radius 2 is 1.56 bits per heavy atom. The van der Waals surface area contributed by atoms with Crippen LogP contribution in [-0.2, 0) is 16.1 Å². The first kappa shape index (κ1) is 32.6. The van der Waals surface area contributed by atoms with Gasteiger partial charge in [-0.05, 0) is 41.3 Å². The van der Waals surface area contributed by atoms with E-state index in [4.69, 9.17) is 9.15 Å². The van der Waals surface area contributed by atoms with Gasteiger partial charge in [0.25, 0.3) is 0 Å². The van der Waals surface area contributed by atoms with E-state index in [-0.39, 0.29) is 11.9 Å². The molecule has 240 valence electrons. The van der Waals surface area contributed by atoms with Crippen molar-refractivity contribution in [2.75, 3.05) is 31.1 Å². The first-order chi connectivity index (χ1) is 22.0. The van der Waals surface area contributed by atoms with E-state index in [2.05, 4.69) is 65.3 Å².